The summed E-state index contributed by atoms with van der Waals surface area (Å²) in [5, 5.41) is 7.75. The minimum Gasteiger partial charge on any atom is -0.489 e. The van der Waals surface area contributed by atoms with Gasteiger partial charge in [0.05, 0.1) is 6.21 Å². The van der Waals surface area contributed by atoms with Crippen LogP contribution in [0.25, 0.3) is 5.69 Å². The molecule has 0 aliphatic rings. The Labute approximate surface area is 191 Å². The zero-order chi connectivity index (χ0) is 21.5. The number of aromatic nitrogens is 1. The average Bonchev–Trinajstić information content (AvgIpc) is 3.01. The fourth-order valence-corrected chi connectivity index (χ4v) is 3.58. The number of ether oxygens (including phenoxy) is 1. The summed E-state index contributed by atoms with van der Waals surface area (Å²) in [4.78, 5) is 0. The second kappa shape index (κ2) is 10.4. The van der Waals surface area contributed by atoms with Crippen LogP contribution >= 0.6 is 28.1 Å². The van der Waals surface area contributed by atoms with Gasteiger partial charge >= 0.3 is 0 Å². The summed E-state index contributed by atoms with van der Waals surface area (Å²) in [6, 6.07) is 18.4. The van der Waals surface area contributed by atoms with Gasteiger partial charge in [0.1, 0.15) is 12.4 Å². The van der Waals surface area contributed by atoms with Crippen LogP contribution in [-0.2, 0) is 6.61 Å². The van der Waals surface area contributed by atoms with Crippen molar-refractivity contribution in [3.05, 3.63) is 81.6 Å². The lowest BCUT2D eigenvalue weighted by atomic mass is 10.2. The maximum atomic E-state index is 5.91. The van der Waals surface area contributed by atoms with E-state index in [1.54, 1.807) is 6.21 Å². The first-order valence-electron chi connectivity index (χ1n) is 9.71. The molecule has 30 heavy (non-hydrogen) atoms. The van der Waals surface area contributed by atoms with Crippen molar-refractivity contribution >= 4 is 39.5 Å². The standard InChI is InChI=1S/C23H25BrN4OS/c1-4-25-23(30)27-26-14-19-13-16(2)28(17(19)3)21-9-11-22(12-10-21)29-15-18-5-7-20(24)8-6-18/h5-14H,4,15H2,1-3H3,(H2,25,27,30)/b26-14-. The molecule has 0 radical (unpaired) electrons. The Morgan fingerprint density at radius 1 is 1.13 bits per heavy atom. The molecule has 1 heterocycles. The van der Waals surface area contributed by atoms with Crippen LogP contribution in [0.1, 0.15) is 29.4 Å². The molecule has 0 atom stereocenters. The van der Waals surface area contributed by atoms with Gasteiger partial charge in [0.15, 0.2) is 5.11 Å². The molecule has 0 saturated heterocycles. The first kappa shape index (κ1) is 22.1. The highest BCUT2D eigenvalue weighted by atomic mass is 79.9. The number of rotatable bonds is 7. The molecule has 0 saturated carbocycles. The number of thiocarbonyl (C=S) groups is 1. The molecule has 2 aromatic carbocycles. The van der Waals surface area contributed by atoms with Crippen molar-refractivity contribution in [1.82, 2.24) is 15.3 Å². The number of benzene rings is 2. The van der Waals surface area contributed by atoms with E-state index in [-0.39, 0.29) is 0 Å². The van der Waals surface area contributed by atoms with Crippen molar-refractivity contribution in [3.63, 3.8) is 0 Å². The molecule has 2 N–H and O–H groups in total. The Morgan fingerprint density at radius 3 is 2.50 bits per heavy atom. The van der Waals surface area contributed by atoms with Crippen LogP contribution < -0.4 is 15.5 Å². The molecule has 0 spiro atoms. The van der Waals surface area contributed by atoms with E-state index < -0.39 is 0 Å². The predicted octanol–water partition coefficient (Wildman–Crippen LogP) is 5.25. The van der Waals surface area contributed by atoms with E-state index in [1.807, 2.05) is 43.3 Å². The van der Waals surface area contributed by atoms with Crippen LogP contribution in [0.3, 0.4) is 0 Å². The van der Waals surface area contributed by atoms with Gasteiger partial charge < -0.3 is 14.6 Å². The quantitative estimate of drug-likeness (QED) is 0.273. The summed E-state index contributed by atoms with van der Waals surface area (Å²) >= 11 is 8.57. The van der Waals surface area contributed by atoms with Gasteiger partial charge in [-0.3, -0.25) is 5.43 Å². The van der Waals surface area contributed by atoms with E-state index in [2.05, 4.69) is 68.4 Å². The number of hydrogen-bond donors (Lipinski definition) is 2. The lowest BCUT2D eigenvalue weighted by Crippen LogP contribution is -2.31. The number of hydrazone groups is 1. The van der Waals surface area contributed by atoms with E-state index in [1.165, 1.54) is 0 Å². The highest BCUT2D eigenvalue weighted by molar-refractivity contribution is 9.10. The minimum atomic E-state index is 0.515. The maximum absolute atomic E-state index is 5.91. The molecular weight excluding hydrogens is 460 g/mol. The Hall–Kier alpha value is -2.64. The van der Waals surface area contributed by atoms with Gasteiger partial charge in [0, 0.05) is 33.7 Å². The Morgan fingerprint density at radius 2 is 1.83 bits per heavy atom. The summed E-state index contributed by atoms with van der Waals surface area (Å²) < 4.78 is 9.17. The molecule has 3 aromatic rings. The van der Waals surface area contributed by atoms with Crippen molar-refractivity contribution in [2.45, 2.75) is 27.4 Å². The maximum Gasteiger partial charge on any atom is 0.186 e. The number of nitrogens with zero attached hydrogens (tertiary/aromatic N) is 2. The van der Waals surface area contributed by atoms with Gasteiger partial charge in [0.25, 0.3) is 0 Å². The fraction of sp³-hybridized carbons (Fsp3) is 0.217. The molecular formula is C23H25BrN4OS. The van der Waals surface area contributed by atoms with Crippen LogP contribution in [0.5, 0.6) is 5.75 Å². The second-order valence-electron chi connectivity index (χ2n) is 6.80. The van der Waals surface area contributed by atoms with Crippen LogP contribution in [-0.4, -0.2) is 22.4 Å². The summed E-state index contributed by atoms with van der Waals surface area (Å²) in [7, 11) is 0. The van der Waals surface area contributed by atoms with Gasteiger partial charge in [-0.15, -0.1) is 0 Å². The highest BCUT2D eigenvalue weighted by Crippen LogP contribution is 2.23. The topological polar surface area (TPSA) is 50.6 Å². The lowest BCUT2D eigenvalue weighted by molar-refractivity contribution is 0.306. The normalized spacial score (nSPS) is 10.9. The van der Waals surface area contributed by atoms with Crippen LogP contribution in [0.2, 0.25) is 0 Å². The zero-order valence-electron chi connectivity index (χ0n) is 17.3. The van der Waals surface area contributed by atoms with E-state index in [0.29, 0.717) is 11.7 Å². The zero-order valence-corrected chi connectivity index (χ0v) is 19.7. The fourth-order valence-electron chi connectivity index (χ4n) is 3.11. The third-order valence-electron chi connectivity index (χ3n) is 4.59. The molecule has 156 valence electrons. The molecule has 0 aliphatic carbocycles. The van der Waals surface area contributed by atoms with E-state index in [9.17, 15) is 0 Å². The molecule has 1 aromatic heterocycles. The summed E-state index contributed by atoms with van der Waals surface area (Å²) in [5.41, 5.74) is 8.31. The largest absolute Gasteiger partial charge is 0.489 e. The number of nitrogens with one attached hydrogen (secondary N) is 2. The van der Waals surface area contributed by atoms with Crippen molar-refractivity contribution in [2.24, 2.45) is 5.10 Å². The van der Waals surface area contributed by atoms with Crippen LogP contribution in [0.15, 0.2) is 64.2 Å². The first-order valence-corrected chi connectivity index (χ1v) is 10.9. The smallest absolute Gasteiger partial charge is 0.186 e. The molecule has 0 bridgehead atoms. The number of halogens is 1. The van der Waals surface area contributed by atoms with Crippen molar-refractivity contribution < 1.29 is 4.74 Å². The van der Waals surface area contributed by atoms with Gasteiger partial charge in [-0.1, -0.05) is 28.1 Å². The molecule has 3 rings (SSSR count). The van der Waals surface area contributed by atoms with Gasteiger partial charge in [-0.2, -0.15) is 5.10 Å². The minimum absolute atomic E-state index is 0.515. The molecule has 0 amide bonds. The molecule has 0 fully saturated rings. The van der Waals surface area contributed by atoms with Crippen molar-refractivity contribution in [2.75, 3.05) is 6.54 Å². The summed E-state index contributed by atoms with van der Waals surface area (Å²) in [6.07, 6.45) is 1.79. The SMILES string of the molecule is CCNC(=S)N/N=C\c1cc(C)n(-c2ccc(OCc3ccc(Br)cc3)cc2)c1C. The second-order valence-corrected chi connectivity index (χ2v) is 8.12. The van der Waals surface area contributed by atoms with E-state index in [4.69, 9.17) is 17.0 Å². The molecule has 7 heteroatoms. The number of aryl methyl sites for hydroxylation is 1. The van der Waals surface area contributed by atoms with E-state index in [0.717, 1.165) is 45.0 Å². The average molecular weight is 485 g/mol. The Balaban J connectivity index is 1.68. The van der Waals surface area contributed by atoms with Crippen LogP contribution in [0, 0.1) is 13.8 Å². The van der Waals surface area contributed by atoms with Gasteiger partial charge in [-0.25, -0.2) is 0 Å². The van der Waals surface area contributed by atoms with Gasteiger partial charge in [0.2, 0.25) is 0 Å². The van der Waals surface area contributed by atoms with Gasteiger partial charge in [-0.05, 0) is 81.0 Å². The van der Waals surface area contributed by atoms with Crippen molar-refractivity contribution in [1.29, 1.82) is 0 Å². The first-order chi connectivity index (χ1) is 14.5. The van der Waals surface area contributed by atoms with E-state index >= 15 is 0 Å². The summed E-state index contributed by atoms with van der Waals surface area (Å²) in [6.45, 7) is 7.45. The summed E-state index contributed by atoms with van der Waals surface area (Å²) in [5.74, 6) is 0.840. The highest BCUT2D eigenvalue weighted by Gasteiger charge is 2.10. The lowest BCUT2D eigenvalue weighted by Gasteiger charge is -2.11. The van der Waals surface area contributed by atoms with Crippen molar-refractivity contribution in [3.8, 4) is 11.4 Å². The van der Waals surface area contributed by atoms with Crippen LogP contribution in [0.4, 0.5) is 0 Å². The Kier molecular flexibility index (Phi) is 7.65. The third-order valence-corrected chi connectivity index (χ3v) is 5.36. The molecule has 5 nitrogen and oxygen atoms in total. The number of hydrogen-bond acceptors (Lipinski definition) is 3. The predicted molar refractivity (Wildman–Crippen MR) is 131 cm³/mol. The third kappa shape index (κ3) is 5.70. The Bertz CT molecular complexity index is 1030. The monoisotopic (exact) mass is 484 g/mol. The molecule has 0 aliphatic heterocycles. The molecule has 0 unspecified atom stereocenters.